The number of aryl methyl sites for hydroxylation is 2. The summed E-state index contributed by atoms with van der Waals surface area (Å²) in [5.74, 6) is 0.621. The van der Waals surface area contributed by atoms with E-state index < -0.39 is 0 Å². The minimum Gasteiger partial charge on any atom is -0.328 e. The Hall–Kier alpha value is -1.38. The van der Waals surface area contributed by atoms with Crippen molar-refractivity contribution in [1.82, 2.24) is 9.55 Å². The quantitative estimate of drug-likeness (QED) is 0.656. The van der Waals surface area contributed by atoms with Gasteiger partial charge in [-0.15, -0.1) is 0 Å². The van der Waals surface area contributed by atoms with E-state index in [1.54, 1.807) is 6.07 Å². The maximum Gasteiger partial charge on any atom is 0.151 e. The molecule has 2 aromatic rings. The molecule has 0 radical (unpaired) electrons. The van der Waals surface area contributed by atoms with E-state index in [9.17, 15) is 4.39 Å². The molecule has 0 unspecified atom stereocenters. The number of halogens is 1. The van der Waals surface area contributed by atoms with E-state index in [0.717, 1.165) is 17.9 Å². The van der Waals surface area contributed by atoms with Crippen molar-refractivity contribution in [3.8, 4) is 0 Å². The van der Waals surface area contributed by atoms with Gasteiger partial charge in [0.2, 0.25) is 0 Å². The van der Waals surface area contributed by atoms with Gasteiger partial charge >= 0.3 is 0 Å². The average molecular weight is 178 g/mol. The molecule has 2 rings (SSSR count). The highest BCUT2D eigenvalue weighted by atomic mass is 19.1. The third-order valence-electron chi connectivity index (χ3n) is 2.24. The van der Waals surface area contributed by atoms with Crippen LogP contribution in [0.1, 0.15) is 12.7 Å². The molecule has 1 heterocycles. The van der Waals surface area contributed by atoms with E-state index in [4.69, 9.17) is 0 Å². The molecule has 0 aliphatic rings. The molecule has 2 nitrogen and oxygen atoms in total. The van der Waals surface area contributed by atoms with Crippen LogP contribution in [0.3, 0.4) is 0 Å². The number of rotatable bonds is 1. The van der Waals surface area contributed by atoms with Crippen molar-refractivity contribution in [2.75, 3.05) is 0 Å². The standard InChI is InChI=1S/C10H11FN2/c1-3-13-7(2)12-10-8(11)5-4-6-9(10)13/h4-6H,3H2,1-2H3. The second kappa shape index (κ2) is 2.83. The largest absolute Gasteiger partial charge is 0.328 e. The van der Waals surface area contributed by atoms with Crippen molar-refractivity contribution in [3.05, 3.63) is 29.8 Å². The molecular weight excluding hydrogens is 167 g/mol. The molecule has 0 saturated carbocycles. The minimum absolute atomic E-state index is 0.243. The van der Waals surface area contributed by atoms with Gasteiger partial charge in [0.15, 0.2) is 5.82 Å². The van der Waals surface area contributed by atoms with Crippen LogP contribution < -0.4 is 0 Å². The number of imidazole rings is 1. The number of hydrogen-bond donors (Lipinski definition) is 0. The molecule has 0 fully saturated rings. The van der Waals surface area contributed by atoms with E-state index in [2.05, 4.69) is 4.98 Å². The van der Waals surface area contributed by atoms with E-state index in [0.29, 0.717) is 5.52 Å². The molecule has 0 bridgehead atoms. The van der Waals surface area contributed by atoms with E-state index >= 15 is 0 Å². The SMILES string of the molecule is CCn1c(C)nc2c(F)cccc21. The zero-order valence-electron chi connectivity index (χ0n) is 7.71. The van der Waals surface area contributed by atoms with Crippen molar-refractivity contribution in [2.45, 2.75) is 20.4 Å². The molecule has 0 aliphatic carbocycles. The molecule has 0 aliphatic heterocycles. The first-order valence-corrected chi connectivity index (χ1v) is 4.35. The van der Waals surface area contributed by atoms with Gasteiger partial charge in [0, 0.05) is 6.54 Å². The number of fused-ring (bicyclic) bond motifs is 1. The molecule has 68 valence electrons. The van der Waals surface area contributed by atoms with Gasteiger partial charge in [0.25, 0.3) is 0 Å². The summed E-state index contributed by atoms with van der Waals surface area (Å²) in [5, 5.41) is 0. The van der Waals surface area contributed by atoms with Gasteiger partial charge < -0.3 is 4.57 Å². The molecule has 1 aromatic heterocycles. The predicted molar refractivity (Wildman–Crippen MR) is 50.1 cm³/mol. The fraction of sp³-hybridized carbons (Fsp3) is 0.300. The van der Waals surface area contributed by atoms with Gasteiger partial charge in [-0.2, -0.15) is 0 Å². The van der Waals surface area contributed by atoms with Gasteiger partial charge in [-0.1, -0.05) is 6.07 Å². The normalized spacial score (nSPS) is 11.0. The molecule has 3 heteroatoms. The first-order chi connectivity index (χ1) is 6.24. The van der Waals surface area contributed by atoms with Gasteiger partial charge in [-0.25, -0.2) is 9.37 Å². The Bertz CT molecular complexity index is 445. The fourth-order valence-electron chi connectivity index (χ4n) is 1.63. The van der Waals surface area contributed by atoms with E-state index in [1.165, 1.54) is 6.07 Å². The summed E-state index contributed by atoms with van der Waals surface area (Å²) in [5.41, 5.74) is 1.35. The lowest BCUT2D eigenvalue weighted by Crippen LogP contribution is -1.95. The predicted octanol–water partition coefficient (Wildman–Crippen LogP) is 2.50. The maximum atomic E-state index is 13.2. The Balaban J connectivity index is 2.86. The van der Waals surface area contributed by atoms with Crippen molar-refractivity contribution < 1.29 is 4.39 Å². The number of hydrogen-bond acceptors (Lipinski definition) is 1. The van der Waals surface area contributed by atoms with E-state index in [1.807, 2.05) is 24.5 Å². The van der Waals surface area contributed by atoms with Gasteiger partial charge in [-0.05, 0) is 26.0 Å². The number of para-hydroxylation sites is 1. The van der Waals surface area contributed by atoms with Crippen LogP contribution in [-0.2, 0) is 6.54 Å². The van der Waals surface area contributed by atoms with Crippen LogP contribution in [-0.4, -0.2) is 9.55 Å². The summed E-state index contributed by atoms with van der Waals surface area (Å²) in [6, 6.07) is 5.04. The molecule has 13 heavy (non-hydrogen) atoms. The minimum atomic E-state index is -0.243. The van der Waals surface area contributed by atoms with Crippen LogP contribution in [0.4, 0.5) is 4.39 Å². The monoisotopic (exact) mass is 178 g/mol. The third kappa shape index (κ3) is 1.11. The second-order valence-corrected chi connectivity index (χ2v) is 3.01. The highest BCUT2D eigenvalue weighted by molar-refractivity contribution is 5.76. The fourth-order valence-corrected chi connectivity index (χ4v) is 1.63. The topological polar surface area (TPSA) is 17.8 Å². The first kappa shape index (κ1) is 8.23. The van der Waals surface area contributed by atoms with Crippen LogP contribution in [0, 0.1) is 12.7 Å². The van der Waals surface area contributed by atoms with Crippen LogP contribution in [0.15, 0.2) is 18.2 Å². The Morgan fingerprint density at radius 1 is 1.46 bits per heavy atom. The van der Waals surface area contributed by atoms with E-state index in [-0.39, 0.29) is 5.82 Å². The zero-order valence-corrected chi connectivity index (χ0v) is 7.71. The van der Waals surface area contributed by atoms with Crippen LogP contribution in [0.25, 0.3) is 11.0 Å². The Morgan fingerprint density at radius 2 is 2.23 bits per heavy atom. The highest BCUT2D eigenvalue weighted by Gasteiger charge is 2.08. The lowest BCUT2D eigenvalue weighted by atomic mass is 10.3. The van der Waals surface area contributed by atoms with Crippen molar-refractivity contribution in [2.24, 2.45) is 0 Å². The maximum absolute atomic E-state index is 13.2. The van der Waals surface area contributed by atoms with Gasteiger partial charge in [-0.3, -0.25) is 0 Å². The van der Waals surface area contributed by atoms with Crippen molar-refractivity contribution in [3.63, 3.8) is 0 Å². The number of aromatic nitrogens is 2. The molecule has 0 amide bonds. The molecule has 0 saturated heterocycles. The Labute approximate surface area is 76.0 Å². The zero-order chi connectivity index (χ0) is 9.42. The Morgan fingerprint density at radius 3 is 2.92 bits per heavy atom. The average Bonchev–Trinajstić information content (AvgIpc) is 2.43. The molecule has 1 aromatic carbocycles. The van der Waals surface area contributed by atoms with Crippen molar-refractivity contribution >= 4 is 11.0 Å². The summed E-state index contributed by atoms with van der Waals surface area (Å²) in [4.78, 5) is 4.17. The number of benzene rings is 1. The van der Waals surface area contributed by atoms with Crippen LogP contribution >= 0.6 is 0 Å². The summed E-state index contributed by atoms with van der Waals surface area (Å²) in [6.45, 7) is 4.74. The van der Waals surface area contributed by atoms with Gasteiger partial charge in [0.1, 0.15) is 11.3 Å². The molecule has 0 N–H and O–H groups in total. The second-order valence-electron chi connectivity index (χ2n) is 3.01. The lowest BCUT2D eigenvalue weighted by molar-refractivity contribution is 0.637. The molecule has 0 spiro atoms. The number of nitrogens with zero attached hydrogens (tertiary/aromatic N) is 2. The summed E-state index contributed by atoms with van der Waals surface area (Å²) in [7, 11) is 0. The lowest BCUT2D eigenvalue weighted by Gasteiger charge is -2.00. The molecule has 0 atom stereocenters. The van der Waals surface area contributed by atoms with Crippen molar-refractivity contribution in [1.29, 1.82) is 0 Å². The summed E-state index contributed by atoms with van der Waals surface area (Å²) >= 11 is 0. The summed E-state index contributed by atoms with van der Waals surface area (Å²) in [6.07, 6.45) is 0. The third-order valence-corrected chi connectivity index (χ3v) is 2.24. The highest BCUT2D eigenvalue weighted by Crippen LogP contribution is 2.18. The first-order valence-electron chi connectivity index (χ1n) is 4.35. The van der Waals surface area contributed by atoms with Crippen LogP contribution in [0.2, 0.25) is 0 Å². The molecular formula is C10H11FN2. The Kier molecular flexibility index (Phi) is 1.79. The van der Waals surface area contributed by atoms with Gasteiger partial charge in [0.05, 0.1) is 5.52 Å². The van der Waals surface area contributed by atoms with Crippen LogP contribution in [0.5, 0.6) is 0 Å². The smallest absolute Gasteiger partial charge is 0.151 e. The summed E-state index contributed by atoms with van der Waals surface area (Å²) < 4.78 is 15.2.